The molecule has 0 saturated carbocycles. The number of aromatic nitrogens is 2. The number of likely N-dealkylation sites (tertiary alicyclic amines) is 1. The van der Waals surface area contributed by atoms with Crippen molar-refractivity contribution in [2.75, 3.05) is 26.7 Å². The second kappa shape index (κ2) is 8.11. The number of benzene rings is 1. The summed E-state index contributed by atoms with van der Waals surface area (Å²) >= 11 is 0. The molecule has 3 saturated heterocycles. The molecule has 0 spiro atoms. The second-order valence-corrected chi connectivity index (χ2v) is 9.27. The number of fused-ring (bicyclic) bond motifs is 4. The summed E-state index contributed by atoms with van der Waals surface area (Å²) in [5.74, 6) is 2.13. The highest BCUT2D eigenvalue weighted by Crippen LogP contribution is 2.44. The first-order chi connectivity index (χ1) is 15.0. The predicted molar refractivity (Wildman–Crippen MR) is 117 cm³/mol. The average Bonchev–Trinajstić information content (AvgIpc) is 2.78. The zero-order valence-corrected chi connectivity index (χ0v) is 18.2. The third-order valence-corrected chi connectivity index (χ3v) is 7.33. The Morgan fingerprint density at radius 2 is 1.97 bits per heavy atom. The number of rotatable bonds is 3. The lowest BCUT2D eigenvalue weighted by molar-refractivity contribution is -0.0512. The van der Waals surface area contributed by atoms with Crippen LogP contribution in [0.15, 0.2) is 35.3 Å². The van der Waals surface area contributed by atoms with Crippen molar-refractivity contribution in [2.45, 2.75) is 44.7 Å². The van der Waals surface area contributed by atoms with Crippen LogP contribution in [0.25, 0.3) is 0 Å². The van der Waals surface area contributed by atoms with Crippen molar-refractivity contribution in [1.29, 1.82) is 0 Å². The Morgan fingerprint density at radius 3 is 2.71 bits per heavy atom. The molecule has 5 rings (SSSR count). The van der Waals surface area contributed by atoms with Gasteiger partial charge in [-0.2, -0.15) is 0 Å². The van der Waals surface area contributed by atoms with Crippen LogP contribution in [0.4, 0.5) is 0 Å². The molecule has 164 valence electrons. The van der Waals surface area contributed by atoms with Gasteiger partial charge < -0.3 is 14.6 Å². The van der Waals surface area contributed by atoms with Crippen molar-refractivity contribution in [1.82, 2.24) is 19.8 Å². The fraction of sp³-hybridized carbons (Fsp3) is 0.542. The number of aromatic amines is 1. The smallest absolute Gasteiger partial charge is 0.263 e. The molecule has 4 heterocycles. The molecule has 4 atom stereocenters. The molecule has 2 aromatic rings. The minimum atomic E-state index is -0.341. The summed E-state index contributed by atoms with van der Waals surface area (Å²) in [4.78, 5) is 36.8. The van der Waals surface area contributed by atoms with Crippen molar-refractivity contribution >= 4 is 5.91 Å². The Morgan fingerprint density at radius 1 is 1.16 bits per heavy atom. The van der Waals surface area contributed by atoms with Crippen molar-refractivity contribution in [3.05, 3.63) is 57.8 Å². The van der Waals surface area contributed by atoms with Crippen molar-refractivity contribution in [3.63, 3.8) is 0 Å². The third-order valence-electron chi connectivity index (χ3n) is 7.33. The molecule has 1 amide bonds. The molecule has 3 aliphatic rings. The summed E-state index contributed by atoms with van der Waals surface area (Å²) in [5, 5.41) is 0. The fourth-order valence-electron chi connectivity index (χ4n) is 5.96. The van der Waals surface area contributed by atoms with E-state index in [9.17, 15) is 9.59 Å². The maximum absolute atomic E-state index is 13.1. The lowest BCUT2D eigenvalue weighted by Crippen LogP contribution is -2.60. The monoisotopic (exact) mass is 422 g/mol. The number of methoxy groups -OCH3 is 1. The lowest BCUT2D eigenvalue weighted by atomic mass is 9.74. The van der Waals surface area contributed by atoms with Crippen LogP contribution in [-0.2, 0) is 0 Å². The Balaban J connectivity index is 1.35. The Hall–Kier alpha value is -2.67. The van der Waals surface area contributed by atoms with Crippen LogP contribution in [0, 0.1) is 18.8 Å². The molecule has 0 unspecified atom stereocenters. The number of nitrogens with zero attached hydrogens (tertiary/aromatic N) is 3. The van der Waals surface area contributed by atoms with Gasteiger partial charge in [-0.15, -0.1) is 0 Å². The largest absolute Gasteiger partial charge is 0.497 e. The maximum Gasteiger partial charge on any atom is 0.263 e. The van der Waals surface area contributed by atoms with Gasteiger partial charge in [0, 0.05) is 37.9 Å². The van der Waals surface area contributed by atoms with Crippen LogP contribution in [0.3, 0.4) is 0 Å². The molecule has 7 nitrogen and oxygen atoms in total. The molecule has 1 aromatic heterocycles. The standard InChI is InChI=1S/C24H30N4O3/c1-15-25-11-20(23(29)26-15)24(30)27-12-16-10-18(14-27)22-5-3-4-21(28(22)13-16)17-6-8-19(31-2)9-7-17/h6-9,11,16,18,21-22H,3-5,10,12-14H2,1-2H3,(H,25,26,29)/t16-,18+,21+,22-/m0/s1. The summed E-state index contributed by atoms with van der Waals surface area (Å²) in [6, 6.07) is 9.42. The SMILES string of the molecule is COc1ccc([C@H]2CCC[C@H]3[C@@H]4C[C@@H](CN(C(=O)c5cnc(C)[nH]c5=O)C4)CN23)cc1. The van der Waals surface area contributed by atoms with E-state index in [0.717, 1.165) is 18.8 Å². The zero-order chi connectivity index (χ0) is 21.5. The van der Waals surface area contributed by atoms with Gasteiger partial charge in [-0.05, 0) is 62.1 Å². The van der Waals surface area contributed by atoms with E-state index in [1.807, 2.05) is 4.90 Å². The van der Waals surface area contributed by atoms with E-state index >= 15 is 0 Å². The summed E-state index contributed by atoms with van der Waals surface area (Å²) in [7, 11) is 1.70. The fourth-order valence-corrected chi connectivity index (χ4v) is 5.96. The molecule has 0 radical (unpaired) electrons. The van der Waals surface area contributed by atoms with Crippen molar-refractivity contribution in [3.8, 4) is 5.75 Å². The van der Waals surface area contributed by atoms with E-state index in [4.69, 9.17) is 4.74 Å². The molecule has 2 bridgehead atoms. The number of H-pyrrole nitrogens is 1. The van der Waals surface area contributed by atoms with Crippen LogP contribution < -0.4 is 10.3 Å². The van der Waals surface area contributed by atoms with Crippen LogP contribution >= 0.6 is 0 Å². The molecular weight excluding hydrogens is 392 g/mol. The zero-order valence-electron chi connectivity index (χ0n) is 18.2. The van der Waals surface area contributed by atoms with Gasteiger partial charge in [-0.3, -0.25) is 14.5 Å². The summed E-state index contributed by atoms with van der Waals surface area (Å²) in [6.45, 7) is 4.16. The van der Waals surface area contributed by atoms with Gasteiger partial charge in [0.2, 0.25) is 0 Å². The Bertz CT molecular complexity index is 1020. The number of piperidine rings is 3. The molecule has 3 aliphatic heterocycles. The van der Waals surface area contributed by atoms with E-state index in [0.29, 0.717) is 36.3 Å². The highest BCUT2D eigenvalue weighted by atomic mass is 16.5. The Kier molecular flexibility index (Phi) is 5.30. The van der Waals surface area contributed by atoms with Gasteiger partial charge in [0.25, 0.3) is 11.5 Å². The third kappa shape index (κ3) is 3.76. The molecule has 1 N–H and O–H groups in total. The number of hydrogen-bond acceptors (Lipinski definition) is 5. The van der Waals surface area contributed by atoms with Crippen LogP contribution in [0.2, 0.25) is 0 Å². The van der Waals surface area contributed by atoms with Gasteiger partial charge in [-0.25, -0.2) is 4.98 Å². The molecule has 7 heteroatoms. The molecule has 31 heavy (non-hydrogen) atoms. The number of aryl methyl sites for hydroxylation is 1. The second-order valence-electron chi connectivity index (χ2n) is 9.27. The number of carbonyl (C=O) groups excluding carboxylic acids is 1. The summed E-state index contributed by atoms with van der Waals surface area (Å²) < 4.78 is 5.33. The molecule has 3 fully saturated rings. The Labute approximate surface area is 182 Å². The molecule has 0 aliphatic carbocycles. The minimum absolute atomic E-state index is 0.155. The van der Waals surface area contributed by atoms with Crippen molar-refractivity contribution in [2.24, 2.45) is 11.8 Å². The minimum Gasteiger partial charge on any atom is -0.497 e. The van der Waals surface area contributed by atoms with E-state index in [-0.39, 0.29) is 17.0 Å². The number of nitrogens with one attached hydrogen (secondary N) is 1. The van der Waals surface area contributed by atoms with E-state index in [1.54, 1.807) is 14.0 Å². The lowest BCUT2D eigenvalue weighted by Gasteiger charge is -2.55. The predicted octanol–water partition coefficient (Wildman–Crippen LogP) is 2.77. The molecular formula is C24H30N4O3. The van der Waals surface area contributed by atoms with Crippen molar-refractivity contribution < 1.29 is 9.53 Å². The van der Waals surface area contributed by atoms with Gasteiger partial charge in [0.15, 0.2) is 0 Å². The quantitative estimate of drug-likeness (QED) is 0.823. The van der Waals surface area contributed by atoms with E-state index in [2.05, 4.69) is 39.1 Å². The molecule has 1 aromatic carbocycles. The van der Waals surface area contributed by atoms with Gasteiger partial charge in [0.1, 0.15) is 17.1 Å². The number of hydrogen-bond donors (Lipinski definition) is 1. The number of ether oxygens (including phenoxy) is 1. The first-order valence-corrected chi connectivity index (χ1v) is 11.3. The first kappa shape index (κ1) is 20.2. The highest BCUT2D eigenvalue weighted by molar-refractivity contribution is 5.93. The normalized spacial score (nSPS) is 28.1. The van der Waals surface area contributed by atoms with Crippen LogP contribution in [-0.4, -0.2) is 58.5 Å². The van der Waals surface area contributed by atoms with Gasteiger partial charge >= 0.3 is 0 Å². The average molecular weight is 423 g/mol. The number of amides is 1. The van der Waals surface area contributed by atoms with Crippen LogP contribution in [0.5, 0.6) is 5.75 Å². The van der Waals surface area contributed by atoms with E-state index < -0.39 is 0 Å². The first-order valence-electron chi connectivity index (χ1n) is 11.3. The van der Waals surface area contributed by atoms with Gasteiger partial charge in [-0.1, -0.05) is 12.1 Å². The maximum atomic E-state index is 13.1. The van der Waals surface area contributed by atoms with E-state index in [1.165, 1.54) is 37.4 Å². The van der Waals surface area contributed by atoms with Crippen LogP contribution in [0.1, 0.15) is 53.5 Å². The number of carbonyl (C=O) groups is 1. The summed E-state index contributed by atoms with van der Waals surface area (Å²) in [5.41, 5.74) is 1.17. The summed E-state index contributed by atoms with van der Waals surface area (Å²) in [6.07, 6.45) is 6.15. The van der Waals surface area contributed by atoms with Gasteiger partial charge in [0.05, 0.1) is 7.11 Å². The highest BCUT2D eigenvalue weighted by Gasteiger charge is 2.46. The topological polar surface area (TPSA) is 78.5 Å².